The average Bonchev–Trinajstić information content (AvgIpc) is 2.90. The molecule has 1 aliphatic rings. The molecular formula is C25H34N3O8P. The van der Waals surface area contributed by atoms with Gasteiger partial charge in [0.25, 0.3) is 5.91 Å². The van der Waals surface area contributed by atoms with E-state index in [1.807, 2.05) is 0 Å². The lowest BCUT2D eigenvalue weighted by molar-refractivity contribution is -0.169. The van der Waals surface area contributed by atoms with Crippen molar-refractivity contribution in [3.63, 3.8) is 0 Å². The third kappa shape index (κ3) is 9.53. The number of carbonyl (C=O) groups is 1. The number of nitrogens with zero attached hydrogens (tertiary/aromatic N) is 2. The van der Waals surface area contributed by atoms with Crippen molar-refractivity contribution >= 4 is 19.3 Å². The first-order valence-electron chi connectivity index (χ1n) is 12.3. The maximum Gasteiger partial charge on any atom is 0.382 e. The fourth-order valence-electron chi connectivity index (χ4n) is 3.46. The number of hydrogen-bond acceptors (Lipinski definition) is 9. The molecule has 2 heterocycles. The van der Waals surface area contributed by atoms with E-state index in [-0.39, 0.29) is 44.4 Å². The maximum absolute atomic E-state index is 12.8. The molecule has 37 heavy (non-hydrogen) atoms. The number of ether oxygens (including phenoxy) is 2. The van der Waals surface area contributed by atoms with E-state index in [0.717, 1.165) is 24.0 Å². The van der Waals surface area contributed by atoms with Crippen LogP contribution in [0.5, 0.6) is 0 Å². The molecule has 0 saturated carbocycles. The SMILES string of the molecule is CCOP(=O)(C=C[C@@H](CO[C@@H]1CCCCO1)COn1ccc(NC(=O)c2ccccc2)nc1=O)OCC. The topological polar surface area (TPSA) is 127 Å². The fourth-order valence-corrected chi connectivity index (χ4v) is 4.88. The molecule has 0 radical (unpaired) electrons. The quantitative estimate of drug-likeness (QED) is 0.359. The molecular weight excluding hydrogens is 501 g/mol. The minimum absolute atomic E-state index is 0.0127. The van der Waals surface area contributed by atoms with Crippen molar-refractivity contribution in [2.24, 2.45) is 5.92 Å². The standard InChI is InChI=1S/C25H34N3O8P/c1-3-35-37(31,36-4-2)17-14-20(18-33-23-12-8-9-16-32-23)19-34-28-15-13-22(27-25(28)30)26-24(29)21-10-6-5-7-11-21/h5-7,10-11,13-15,17,20,23H,3-4,8-9,12,16,18-19H2,1-2H3,(H,26,27,29,30)/t20-,23+/m0/s1. The number of anilines is 1. The highest BCUT2D eigenvalue weighted by molar-refractivity contribution is 7.57. The fraction of sp³-hybridized carbons (Fsp3) is 0.480. The van der Waals surface area contributed by atoms with Crippen molar-refractivity contribution in [2.75, 3.05) is 38.4 Å². The Bertz CT molecular complexity index is 1110. The van der Waals surface area contributed by atoms with E-state index in [4.69, 9.17) is 23.4 Å². The molecule has 1 aromatic heterocycles. The number of aromatic nitrogens is 2. The van der Waals surface area contributed by atoms with E-state index in [2.05, 4.69) is 10.3 Å². The summed E-state index contributed by atoms with van der Waals surface area (Å²) in [7, 11) is -3.42. The summed E-state index contributed by atoms with van der Waals surface area (Å²) in [4.78, 5) is 34.3. The van der Waals surface area contributed by atoms with Crippen molar-refractivity contribution in [2.45, 2.75) is 39.4 Å². The van der Waals surface area contributed by atoms with E-state index in [1.165, 1.54) is 18.1 Å². The molecule has 0 spiro atoms. The number of hydrogen-bond donors (Lipinski definition) is 1. The molecule has 2 aromatic rings. The Morgan fingerprint density at radius 3 is 2.59 bits per heavy atom. The van der Waals surface area contributed by atoms with E-state index >= 15 is 0 Å². The van der Waals surface area contributed by atoms with Crippen LogP contribution in [0.25, 0.3) is 0 Å². The number of rotatable bonds is 14. The smallest absolute Gasteiger partial charge is 0.382 e. The number of nitrogens with one attached hydrogen (secondary N) is 1. The van der Waals surface area contributed by atoms with Gasteiger partial charge in [-0.2, -0.15) is 4.98 Å². The number of amides is 1. The second-order valence-corrected chi connectivity index (χ2v) is 10.0. The molecule has 1 aromatic carbocycles. The van der Waals surface area contributed by atoms with Crippen LogP contribution in [0.1, 0.15) is 43.5 Å². The van der Waals surface area contributed by atoms with Crippen LogP contribution in [0.2, 0.25) is 0 Å². The molecule has 1 N–H and O–H groups in total. The molecule has 1 aliphatic heterocycles. The molecule has 11 nitrogen and oxygen atoms in total. The summed E-state index contributed by atoms with van der Waals surface area (Å²) in [6.07, 6.45) is 5.48. The molecule has 202 valence electrons. The van der Waals surface area contributed by atoms with Crippen molar-refractivity contribution in [3.05, 3.63) is 70.5 Å². The summed E-state index contributed by atoms with van der Waals surface area (Å²) in [6.45, 7) is 4.77. The zero-order valence-corrected chi connectivity index (χ0v) is 22.0. The van der Waals surface area contributed by atoms with Crippen LogP contribution in [0.15, 0.2) is 59.3 Å². The van der Waals surface area contributed by atoms with Gasteiger partial charge in [-0.1, -0.05) is 24.3 Å². The summed E-state index contributed by atoms with van der Waals surface area (Å²) in [5, 5.41) is 2.59. The van der Waals surface area contributed by atoms with Crippen molar-refractivity contribution in [1.29, 1.82) is 0 Å². The van der Waals surface area contributed by atoms with Crippen LogP contribution in [-0.4, -0.2) is 54.9 Å². The second-order valence-electron chi connectivity index (χ2n) is 8.14. The van der Waals surface area contributed by atoms with E-state index in [1.54, 1.807) is 50.3 Å². The molecule has 1 saturated heterocycles. The lowest BCUT2D eigenvalue weighted by Crippen LogP contribution is -2.33. The third-order valence-corrected chi connectivity index (χ3v) is 7.04. The first-order chi connectivity index (χ1) is 17.9. The highest BCUT2D eigenvalue weighted by Gasteiger charge is 2.22. The Kier molecular flexibility index (Phi) is 11.5. The first kappa shape index (κ1) is 28.7. The Hall–Kier alpha value is -2.82. The van der Waals surface area contributed by atoms with Crippen LogP contribution in [0.3, 0.4) is 0 Å². The Morgan fingerprint density at radius 1 is 1.19 bits per heavy atom. The predicted molar refractivity (Wildman–Crippen MR) is 137 cm³/mol. The van der Waals surface area contributed by atoms with Crippen LogP contribution in [0, 0.1) is 5.92 Å². The molecule has 3 rings (SSSR count). The highest BCUT2D eigenvalue weighted by atomic mass is 31.2. The van der Waals surface area contributed by atoms with Gasteiger partial charge in [-0.25, -0.2) is 4.79 Å². The van der Waals surface area contributed by atoms with Gasteiger partial charge in [-0.15, -0.1) is 4.73 Å². The van der Waals surface area contributed by atoms with E-state index in [9.17, 15) is 14.2 Å². The summed E-state index contributed by atoms with van der Waals surface area (Å²) >= 11 is 0. The highest BCUT2D eigenvalue weighted by Crippen LogP contribution is 2.49. The van der Waals surface area contributed by atoms with E-state index in [0.29, 0.717) is 12.2 Å². The van der Waals surface area contributed by atoms with Gasteiger partial charge in [-0.3, -0.25) is 9.36 Å². The average molecular weight is 536 g/mol. The van der Waals surface area contributed by atoms with Gasteiger partial charge in [-0.05, 0) is 45.2 Å². The molecule has 0 bridgehead atoms. The largest absolute Gasteiger partial charge is 0.409 e. The van der Waals surface area contributed by atoms with Gasteiger partial charge in [0.2, 0.25) is 0 Å². The Morgan fingerprint density at radius 2 is 1.95 bits per heavy atom. The molecule has 1 fully saturated rings. The first-order valence-corrected chi connectivity index (χ1v) is 13.9. The van der Waals surface area contributed by atoms with Crippen LogP contribution in [-0.2, 0) is 23.1 Å². The summed E-state index contributed by atoms with van der Waals surface area (Å²) in [5.41, 5.74) is -0.267. The van der Waals surface area contributed by atoms with Crippen LogP contribution < -0.4 is 15.8 Å². The summed E-state index contributed by atoms with van der Waals surface area (Å²) < 4.78 is 35.9. The monoisotopic (exact) mass is 535 g/mol. The van der Waals surface area contributed by atoms with Crippen molar-refractivity contribution in [1.82, 2.24) is 9.71 Å². The van der Waals surface area contributed by atoms with Gasteiger partial charge >= 0.3 is 13.3 Å². The molecule has 0 unspecified atom stereocenters. The Balaban J connectivity index is 1.65. The minimum atomic E-state index is -3.42. The maximum atomic E-state index is 12.8. The van der Waals surface area contributed by atoms with Crippen molar-refractivity contribution < 1.29 is 32.7 Å². The van der Waals surface area contributed by atoms with Gasteiger partial charge in [0, 0.05) is 30.0 Å². The third-order valence-electron chi connectivity index (χ3n) is 5.27. The normalized spacial score (nSPS) is 17.0. The van der Waals surface area contributed by atoms with Gasteiger partial charge < -0.3 is 28.7 Å². The van der Waals surface area contributed by atoms with Crippen molar-refractivity contribution in [3.8, 4) is 0 Å². The van der Waals surface area contributed by atoms with Gasteiger partial charge in [0.05, 0.1) is 26.0 Å². The lowest BCUT2D eigenvalue weighted by Gasteiger charge is -2.24. The number of benzene rings is 1. The van der Waals surface area contributed by atoms with Gasteiger partial charge in [0.15, 0.2) is 6.29 Å². The zero-order chi connectivity index (χ0) is 26.5. The molecule has 2 atom stereocenters. The van der Waals surface area contributed by atoms with Gasteiger partial charge in [0.1, 0.15) is 12.4 Å². The lowest BCUT2D eigenvalue weighted by atomic mass is 10.2. The minimum Gasteiger partial charge on any atom is -0.409 e. The van der Waals surface area contributed by atoms with Crippen LogP contribution >= 0.6 is 7.60 Å². The zero-order valence-electron chi connectivity index (χ0n) is 21.1. The molecule has 12 heteroatoms. The summed E-state index contributed by atoms with van der Waals surface area (Å²) in [5.74, 6) is 0.709. The predicted octanol–water partition coefficient (Wildman–Crippen LogP) is 3.86. The number of carbonyl (C=O) groups excluding carboxylic acids is 1. The summed E-state index contributed by atoms with van der Waals surface area (Å²) in [6, 6.07) is 10.1. The Labute approximate surface area is 216 Å². The second kappa shape index (κ2) is 14.8. The molecule has 1 amide bonds. The van der Waals surface area contributed by atoms with Crippen LogP contribution in [0.4, 0.5) is 5.82 Å². The molecule has 0 aliphatic carbocycles. The van der Waals surface area contributed by atoms with E-state index < -0.39 is 19.2 Å².